The van der Waals surface area contributed by atoms with Crippen molar-refractivity contribution < 1.29 is 23.9 Å². The number of carbonyl (C=O) groups excluding carboxylic acids is 3. The van der Waals surface area contributed by atoms with Crippen LogP contribution in [-0.4, -0.2) is 35.8 Å². The summed E-state index contributed by atoms with van der Waals surface area (Å²) in [6.07, 6.45) is 5.32. The Kier molecular flexibility index (Phi) is 8.69. The number of carbonyl (C=O) groups is 3. The Balaban J connectivity index is 2.33. The summed E-state index contributed by atoms with van der Waals surface area (Å²) in [5.41, 5.74) is 1.19. The standard InChI is InChI=1S/C25H37ClO5/c1-7-30-23(29)18(20(27)10-8-9-16(2)26)15-17-19-11-12-22(31-24(3,4)5)25(19,6)14-13-21(17)28/h9,18,22H,7-8,10-15H2,1-6H3/t18?,22-,25-/m0/s1. The summed E-state index contributed by atoms with van der Waals surface area (Å²) >= 11 is 5.86. The van der Waals surface area contributed by atoms with Gasteiger partial charge in [0.05, 0.1) is 18.3 Å². The summed E-state index contributed by atoms with van der Waals surface area (Å²) < 4.78 is 11.5. The lowest BCUT2D eigenvalue weighted by Gasteiger charge is -2.40. The van der Waals surface area contributed by atoms with E-state index in [9.17, 15) is 14.4 Å². The molecule has 0 radical (unpaired) electrons. The second kappa shape index (κ2) is 10.4. The number of ketones is 2. The fraction of sp³-hybridized carbons (Fsp3) is 0.720. The minimum atomic E-state index is -0.958. The SMILES string of the molecule is CCOC(=O)C(CC1=C2CC[C@H](OC(C)(C)C)[C@@]2(C)CCC1=O)C(=O)CCC=C(C)Cl. The lowest BCUT2D eigenvalue weighted by Crippen LogP contribution is -2.40. The number of ether oxygens (including phenoxy) is 2. The number of allylic oxidation sites excluding steroid dienone is 3. The normalized spacial score (nSPS) is 25.5. The van der Waals surface area contributed by atoms with Gasteiger partial charge in [-0.15, -0.1) is 0 Å². The second-order valence-electron chi connectivity index (χ2n) is 9.86. The van der Waals surface area contributed by atoms with Crippen LogP contribution in [0.5, 0.6) is 0 Å². The molecule has 2 rings (SSSR count). The molecule has 0 heterocycles. The molecule has 0 N–H and O–H groups in total. The van der Waals surface area contributed by atoms with E-state index >= 15 is 0 Å². The minimum absolute atomic E-state index is 0.0270. The maximum Gasteiger partial charge on any atom is 0.316 e. The third-order valence-electron chi connectivity index (χ3n) is 6.31. The highest BCUT2D eigenvalue weighted by molar-refractivity contribution is 6.29. The highest BCUT2D eigenvalue weighted by atomic mass is 35.5. The van der Waals surface area contributed by atoms with Crippen LogP contribution >= 0.6 is 11.6 Å². The first-order chi connectivity index (χ1) is 14.4. The molecule has 31 heavy (non-hydrogen) atoms. The first-order valence-corrected chi connectivity index (χ1v) is 11.7. The molecule has 3 atom stereocenters. The highest BCUT2D eigenvalue weighted by Gasteiger charge is 2.49. The Bertz CT molecular complexity index is 769. The smallest absolute Gasteiger partial charge is 0.316 e. The molecule has 0 aromatic rings. The van der Waals surface area contributed by atoms with Gasteiger partial charge in [-0.3, -0.25) is 14.4 Å². The van der Waals surface area contributed by atoms with Crippen molar-refractivity contribution in [1.29, 1.82) is 0 Å². The van der Waals surface area contributed by atoms with E-state index < -0.39 is 11.9 Å². The van der Waals surface area contributed by atoms with E-state index in [0.717, 1.165) is 24.8 Å². The predicted molar refractivity (Wildman–Crippen MR) is 122 cm³/mol. The van der Waals surface area contributed by atoms with Gasteiger partial charge in [0, 0.05) is 23.3 Å². The van der Waals surface area contributed by atoms with E-state index in [1.54, 1.807) is 19.9 Å². The number of hydrogen-bond acceptors (Lipinski definition) is 5. The first kappa shape index (κ1) is 25.8. The van der Waals surface area contributed by atoms with Crippen LogP contribution in [0.1, 0.15) is 86.5 Å². The van der Waals surface area contributed by atoms with Gasteiger partial charge in [-0.1, -0.05) is 30.2 Å². The molecule has 1 saturated carbocycles. The lowest BCUT2D eigenvalue weighted by molar-refractivity contribution is -0.151. The fourth-order valence-electron chi connectivity index (χ4n) is 4.79. The Morgan fingerprint density at radius 1 is 1.29 bits per heavy atom. The van der Waals surface area contributed by atoms with Crippen LogP contribution in [-0.2, 0) is 23.9 Å². The zero-order chi connectivity index (χ0) is 23.4. The molecule has 2 aliphatic rings. The quantitative estimate of drug-likeness (QED) is 0.332. The average molecular weight is 453 g/mol. The van der Waals surface area contributed by atoms with Gasteiger partial charge in [0.2, 0.25) is 0 Å². The molecular formula is C25H37ClO5. The molecule has 0 spiro atoms. The van der Waals surface area contributed by atoms with Crippen molar-refractivity contribution in [2.45, 2.75) is 98.2 Å². The molecule has 174 valence electrons. The number of hydrogen-bond donors (Lipinski definition) is 0. The molecule has 0 aliphatic heterocycles. The molecule has 1 fully saturated rings. The minimum Gasteiger partial charge on any atom is -0.465 e. The number of fused-ring (bicyclic) bond motifs is 1. The zero-order valence-corrected chi connectivity index (χ0v) is 20.6. The number of halogens is 1. The van der Waals surface area contributed by atoms with Crippen LogP contribution in [0.2, 0.25) is 0 Å². The molecule has 6 heteroatoms. The van der Waals surface area contributed by atoms with Gasteiger partial charge in [-0.25, -0.2) is 0 Å². The third kappa shape index (κ3) is 6.52. The topological polar surface area (TPSA) is 69.7 Å². The van der Waals surface area contributed by atoms with Crippen molar-refractivity contribution in [2.24, 2.45) is 11.3 Å². The monoisotopic (exact) mass is 452 g/mol. The van der Waals surface area contributed by atoms with Gasteiger partial charge in [0.1, 0.15) is 11.7 Å². The Hall–Kier alpha value is -1.46. The van der Waals surface area contributed by atoms with Gasteiger partial charge in [-0.2, -0.15) is 0 Å². The van der Waals surface area contributed by atoms with Crippen LogP contribution in [0.15, 0.2) is 22.3 Å². The van der Waals surface area contributed by atoms with Crippen LogP contribution in [0.3, 0.4) is 0 Å². The number of Topliss-reactive ketones (excluding diaryl/α,β-unsaturated/α-hetero) is 2. The Morgan fingerprint density at radius 2 is 1.97 bits per heavy atom. The van der Waals surface area contributed by atoms with Crippen molar-refractivity contribution in [3.05, 3.63) is 22.3 Å². The Morgan fingerprint density at radius 3 is 2.55 bits per heavy atom. The molecule has 0 saturated heterocycles. The van der Waals surface area contributed by atoms with Crippen LogP contribution in [0.4, 0.5) is 0 Å². The van der Waals surface area contributed by atoms with Gasteiger partial charge in [-0.05, 0) is 72.3 Å². The molecule has 5 nitrogen and oxygen atoms in total. The first-order valence-electron chi connectivity index (χ1n) is 11.3. The molecule has 1 unspecified atom stereocenters. The summed E-state index contributed by atoms with van der Waals surface area (Å²) in [6.45, 7) is 11.9. The fourth-order valence-corrected chi connectivity index (χ4v) is 4.90. The van der Waals surface area contributed by atoms with E-state index in [0.29, 0.717) is 23.4 Å². The summed E-state index contributed by atoms with van der Waals surface area (Å²) in [6, 6.07) is 0. The summed E-state index contributed by atoms with van der Waals surface area (Å²) in [7, 11) is 0. The summed E-state index contributed by atoms with van der Waals surface area (Å²) in [5.74, 6) is -1.67. The van der Waals surface area contributed by atoms with E-state index in [2.05, 4.69) is 6.92 Å². The average Bonchev–Trinajstić information content (AvgIpc) is 2.96. The maximum atomic E-state index is 12.9. The van der Waals surface area contributed by atoms with Crippen molar-refractivity contribution in [2.75, 3.05) is 6.61 Å². The van der Waals surface area contributed by atoms with E-state index in [1.165, 1.54) is 0 Å². The van der Waals surface area contributed by atoms with Crippen molar-refractivity contribution in [3.63, 3.8) is 0 Å². The van der Waals surface area contributed by atoms with Gasteiger partial charge in [0.25, 0.3) is 0 Å². The van der Waals surface area contributed by atoms with E-state index in [-0.39, 0.29) is 48.1 Å². The van der Waals surface area contributed by atoms with Crippen LogP contribution in [0.25, 0.3) is 0 Å². The molecule has 0 aromatic carbocycles. The summed E-state index contributed by atoms with van der Waals surface area (Å²) in [5, 5.41) is 0.611. The second-order valence-corrected chi connectivity index (χ2v) is 10.5. The van der Waals surface area contributed by atoms with Crippen molar-refractivity contribution >= 4 is 29.1 Å². The van der Waals surface area contributed by atoms with Crippen molar-refractivity contribution in [3.8, 4) is 0 Å². The number of rotatable bonds is 9. The molecule has 2 aliphatic carbocycles. The van der Waals surface area contributed by atoms with Gasteiger partial charge in [0.15, 0.2) is 5.78 Å². The maximum absolute atomic E-state index is 12.9. The van der Waals surface area contributed by atoms with E-state index in [1.807, 2.05) is 20.8 Å². The van der Waals surface area contributed by atoms with Crippen molar-refractivity contribution in [1.82, 2.24) is 0 Å². The van der Waals surface area contributed by atoms with E-state index in [4.69, 9.17) is 21.1 Å². The van der Waals surface area contributed by atoms with Gasteiger partial charge >= 0.3 is 5.97 Å². The lowest BCUT2D eigenvalue weighted by atomic mass is 9.69. The molecule has 0 bridgehead atoms. The largest absolute Gasteiger partial charge is 0.465 e. The summed E-state index contributed by atoms with van der Waals surface area (Å²) in [4.78, 5) is 38.5. The highest BCUT2D eigenvalue weighted by Crippen LogP contribution is 2.53. The number of esters is 1. The van der Waals surface area contributed by atoms with Crippen LogP contribution < -0.4 is 0 Å². The molecular weight excluding hydrogens is 416 g/mol. The Labute approximate surface area is 191 Å². The third-order valence-corrected chi connectivity index (χ3v) is 6.46. The molecule has 0 amide bonds. The zero-order valence-electron chi connectivity index (χ0n) is 19.8. The predicted octanol–water partition coefficient (Wildman–Crippen LogP) is 5.69. The van der Waals surface area contributed by atoms with Crippen LogP contribution in [0, 0.1) is 11.3 Å². The molecule has 0 aromatic heterocycles. The van der Waals surface area contributed by atoms with Gasteiger partial charge < -0.3 is 9.47 Å².